The lowest BCUT2D eigenvalue weighted by Crippen LogP contribution is -2.01. The molecule has 0 amide bonds. The number of hydrogen-bond acceptors (Lipinski definition) is 4. The van der Waals surface area contributed by atoms with Crippen LogP contribution in [-0.4, -0.2) is 16.7 Å². The fraction of sp³-hybridized carbons (Fsp3) is 0.286. The van der Waals surface area contributed by atoms with Crippen LogP contribution in [0.5, 0.6) is 0 Å². The fourth-order valence-corrected chi connectivity index (χ4v) is 0.826. The number of hydrogen-bond donors (Lipinski definition) is 1. The largest absolute Gasteiger partial charge is 0.383 e. The minimum absolute atomic E-state index is 0.485. The molecule has 0 saturated heterocycles. The van der Waals surface area contributed by atoms with Crippen LogP contribution in [0.4, 0.5) is 5.82 Å². The molecule has 0 aliphatic rings. The number of aromatic nitrogens is 2. The lowest BCUT2D eigenvalue weighted by Gasteiger charge is -2.02. The lowest BCUT2D eigenvalue weighted by atomic mass is 10.2. The molecule has 0 spiro atoms. The standard InChI is InChI=1S/C7H10N4/c1-5-6(3-9-2)7(8)11-4-10-5/h4H,2-3H2,1H3,(H2,8,10,11). The summed E-state index contributed by atoms with van der Waals surface area (Å²) < 4.78 is 0. The van der Waals surface area contributed by atoms with Gasteiger partial charge in [-0.05, 0) is 13.6 Å². The molecule has 0 fully saturated rings. The summed E-state index contributed by atoms with van der Waals surface area (Å²) in [5.41, 5.74) is 7.30. The Bertz CT molecular complexity index is 249. The second-order valence-corrected chi connectivity index (χ2v) is 2.20. The highest BCUT2D eigenvalue weighted by Gasteiger charge is 2.02. The van der Waals surface area contributed by atoms with Gasteiger partial charge < -0.3 is 5.73 Å². The van der Waals surface area contributed by atoms with Crippen molar-refractivity contribution < 1.29 is 0 Å². The number of rotatable bonds is 2. The third-order valence-corrected chi connectivity index (χ3v) is 1.46. The Morgan fingerprint density at radius 3 is 2.91 bits per heavy atom. The number of nitrogen functional groups attached to an aromatic ring is 1. The number of aliphatic imine (C=N–C) groups is 1. The molecular weight excluding hydrogens is 140 g/mol. The van der Waals surface area contributed by atoms with E-state index in [1.165, 1.54) is 6.33 Å². The van der Waals surface area contributed by atoms with Crippen LogP contribution in [0, 0.1) is 6.92 Å². The van der Waals surface area contributed by atoms with E-state index in [1.807, 2.05) is 6.92 Å². The average molecular weight is 150 g/mol. The van der Waals surface area contributed by atoms with Crippen LogP contribution in [0.25, 0.3) is 0 Å². The zero-order valence-electron chi connectivity index (χ0n) is 6.41. The molecular formula is C7H10N4. The molecule has 0 bridgehead atoms. The van der Waals surface area contributed by atoms with E-state index in [-0.39, 0.29) is 0 Å². The summed E-state index contributed by atoms with van der Waals surface area (Å²) >= 11 is 0. The molecule has 0 unspecified atom stereocenters. The first-order valence-corrected chi connectivity index (χ1v) is 3.24. The Morgan fingerprint density at radius 1 is 1.64 bits per heavy atom. The highest BCUT2D eigenvalue weighted by Crippen LogP contribution is 2.11. The van der Waals surface area contributed by atoms with Crippen LogP contribution >= 0.6 is 0 Å². The van der Waals surface area contributed by atoms with E-state index >= 15 is 0 Å². The molecule has 1 heterocycles. The van der Waals surface area contributed by atoms with Crippen molar-refractivity contribution in [2.24, 2.45) is 4.99 Å². The van der Waals surface area contributed by atoms with E-state index in [0.717, 1.165) is 11.3 Å². The van der Waals surface area contributed by atoms with E-state index < -0.39 is 0 Å². The second kappa shape index (κ2) is 3.09. The molecule has 1 rings (SSSR count). The molecule has 4 heteroatoms. The van der Waals surface area contributed by atoms with E-state index in [2.05, 4.69) is 21.7 Å². The van der Waals surface area contributed by atoms with Crippen molar-refractivity contribution in [3.63, 3.8) is 0 Å². The minimum atomic E-state index is 0.485. The number of anilines is 1. The maximum atomic E-state index is 5.57. The van der Waals surface area contributed by atoms with Crippen molar-refractivity contribution in [1.29, 1.82) is 0 Å². The Morgan fingerprint density at radius 2 is 2.36 bits per heavy atom. The van der Waals surface area contributed by atoms with Gasteiger partial charge >= 0.3 is 0 Å². The van der Waals surface area contributed by atoms with Crippen LogP contribution in [-0.2, 0) is 6.54 Å². The third-order valence-electron chi connectivity index (χ3n) is 1.46. The molecule has 0 aliphatic heterocycles. The van der Waals surface area contributed by atoms with Crippen molar-refractivity contribution in [2.45, 2.75) is 13.5 Å². The van der Waals surface area contributed by atoms with E-state index in [9.17, 15) is 0 Å². The van der Waals surface area contributed by atoms with Crippen molar-refractivity contribution in [1.82, 2.24) is 9.97 Å². The molecule has 1 aromatic heterocycles. The molecule has 58 valence electrons. The Balaban J connectivity index is 3.09. The van der Waals surface area contributed by atoms with Gasteiger partial charge in [-0.3, -0.25) is 4.99 Å². The quantitative estimate of drug-likeness (QED) is 0.627. The first kappa shape index (κ1) is 7.65. The molecule has 0 aliphatic carbocycles. The SMILES string of the molecule is C=NCc1c(C)ncnc1N. The van der Waals surface area contributed by atoms with Crippen LogP contribution in [0.2, 0.25) is 0 Å². The molecule has 1 aromatic rings. The Kier molecular flexibility index (Phi) is 2.15. The van der Waals surface area contributed by atoms with Crippen molar-refractivity contribution in [2.75, 3.05) is 5.73 Å². The van der Waals surface area contributed by atoms with Crippen LogP contribution in [0.1, 0.15) is 11.3 Å². The van der Waals surface area contributed by atoms with Crippen molar-refractivity contribution >= 4 is 12.5 Å². The van der Waals surface area contributed by atoms with Crippen molar-refractivity contribution in [3.05, 3.63) is 17.6 Å². The van der Waals surface area contributed by atoms with Crippen LogP contribution < -0.4 is 5.73 Å². The predicted molar refractivity (Wildman–Crippen MR) is 44.4 cm³/mol. The summed E-state index contributed by atoms with van der Waals surface area (Å²) in [6.07, 6.45) is 1.44. The lowest BCUT2D eigenvalue weighted by molar-refractivity contribution is 0.982. The highest BCUT2D eigenvalue weighted by atomic mass is 14.9. The summed E-state index contributed by atoms with van der Waals surface area (Å²) in [5, 5.41) is 0. The van der Waals surface area contributed by atoms with Gasteiger partial charge in [0.2, 0.25) is 0 Å². The highest BCUT2D eigenvalue weighted by molar-refractivity contribution is 5.41. The number of aryl methyl sites for hydroxylation is 1. The van der Waals surface area contributed by atoms with E-state index in [1.54, 1.807) is 0 Å². The van der Waals surface area contributed by atoms with Crippen LogP contribution in [0.15, 0.2) is 11.3 Å². The van der Waals surface area contributed by atoms with Gasteiger partial charge in [0, 0.05) is 11.3 Å². The van der Waals surface area contributed by atoms with Crippen LogP contribution in [0.3, 0.4) is 0 Å². The maximum absolute atomic E-state index is 5.57. The summed E-state index contributed by atoms with van der Waals surface area (Å²) in [6, 6.07) is 0. The van der Waals surface area contributed by atoms with Gasteiger partial charge in [-0.25, -0.2) is 9.97 Å². The monoisotopic (exact) mass is 150 g/mol. The first-order chi connectivity index (χ1) is 5.25. The van der Waals surface area contributed by atoms with E-state index in [4.69, 9.17) is 5.73 Å². The molecule has 4 nitrogen and oxygen atoms in total. The van der Waals surface area contributed by atoms with Gasteiger partial charge in [0.15, 0.2) is 0 Å². The van der Waals surface area contributed by atoms with Gasteiger partial charge in [0.1, 0.15) is 12.1 Å². The smallest absolute Gasteiger partial charge is 0.132 e. The molecule has 2 N–H and O–H groups in total. The normalized spacial score (nSPS) is 9.55. The topological polar surface area (TPSA) is 64.2 Å². The molecule has 0 radical (unpaired) electrons. The number of nitrogens with zero attached hydrogens (tertiary/aromatic N) is 3. The summed E-state index contributed by atoms with van der Waals surface area (Å²) in [7, 11) is 0. The third kappa shape index (κ3) is 1.52. The summed E-state index contributed by atoms with van der Waals surface area (Å²) in [4.78, 5) is 11.5. The fourth-order valence-electron chi connectivity index (χ4n) is 0.826. The molecule has 0 saturated carbocycles. The molecule has 0 aromatic carbocycles. The first-order valence-electron chi connectivity index (χ1n) is 3.24. The zero-order valence-corrected chi connectivity index (χ0v) is 6.41. The number of nitrogens with two attached hydrogens (primary N) is 1. The van der Waals surface area contributed by atoms with Gasteiger partial charge in [-0.2, -0.15) is 0 Å². The predicted octanol–water partition coefficient (Wildman–Crippen LogP) is 0.568. The van der Waals surface area contributed by atoms with Crippen molar-refractivity contribution in [3.8, 4) is 0 Å². The van der Waals surface area contributed by atoms with Gasteiger partial charge in [0.05, 0.1) is 6.54 Å². The Labute approximate surface area is 65.2 Å². The van der Waals surface area contributed by atoms with Gasteiger partial charge in [0.25, 0.3) is 0 Å². The molecule has 11 heavy (non-hydrogen) atoms. The molecule has 0 atom stereocenters. The minimum Gasteiger partial charge on any atom is -0.383 e. The maximum Gasteiger partial charge on any atom is 0.132 e. The second-order valence-electron chi connectivity index (χ2n) is 2.20. The summed E-state index contributed by atoms with van der Waals surface area (Å²) in [5.74, 6) is 0.491. The van der Waals surface area contributed by atoms with Gasteiger partial charge in [-0.1, -0.05) is 0 Å². The Hall–Kier alpha value is -1.45. The summed E-state index contributed by atoms with van der Waals surface area (Å²) in [6.45, 7) is 5.74. The average Bonchev–Trinajstić information content (AvgIpc) is 1.97. The van der Waals surface area contributed by atoms with Gasteiger partial charge in [-0.15, -0.1) is 0 Å². The van der Waals surface area contributed by atoms with E-state index in [0.29, 0.717) is 12.4 Å². The zero-order chi connectivity index (χ0) is 8.27.